The monoisotopic (exact) mass is 338 g/mol. The van der Waals surface area contributed by atoms with Crippen LogP contribution in [0.2, 0.25) is 0 Å². The van der Waals surface area contributed by atoms with Crippen molar-refractivity contribution in [2.45, 2.75) is 6.92 Å². The lowest BCUT2D eigenvalue weighted by molar-refractivity contribution is 0.0999. The largest absolute Gasteiger partial charge is 0.275 e. The minimum Gasteiger partial charge on any atom is -0.275 e. The van der Waals surface area contributed by atoms with E-state index in [0.717, 1.165) is 27.8 Å². The van der Waals surface area contributed by atoms with E-state index in [9.17, 15) is 4.79 Å². The predicted molar refractivity (Wildman–Crippen MR) is 106 cm³/mol. The van der Waals surface area contributed by atoms with Crippen LogP contribution in [-0.4, -0.2) is 10.9 Å². The van der Waals surface area contributed by atoms with Crippen molar-refractivity contribution in [1.29, 1.82) is 0 Å². The second-order valence-corrected chi connectivity index (χ2v) is 6.14. The quantitative estimate of drug-likeness (QED) is 0.492. The van der Waals surface area contributed by atoms with E-state index >= 15 is 0 Å². The highest BCUT2D eigenvalue weighted by molar-refractivity contribution is 6.15. The van der Waals surface area contributed by atoms with Gasteiger partial charge >= 0.3 is 0 Å². The second-order valence-electron chi connectivity index (χ2n) is 6.14. The van der Waals surface area contributed by atoms with Crippen LogP contribution in [0.3, 0.4) is 0 Å². The van der Waals surface area contributed by atoms with Gasteiger partial charge in [-0.3, -0.25) is 14.7 Å². The molecule has 0 atom stereocenters. The van der Waals surface area contributed by atoms with Crippen LogP contribution in [0.1, 0.15) is 15.9 Å². The molecule has 3 nitrogen and oxygen atoms in total. The maximum absolute atomic E-state index is 13.5. The molecule has 1 amide bonds. The van der Waals surface area contributed by atoms with Crippen molar-refractivity contribution in [3.05, 3.63) is 102 Å². The first-order valence-corrected chi connectivity index (χ1v) is 8.54. The number of carbonyl (C=O) groups is 1. The molecule has 0 radical (unpaired) electrons. The molecule has 3 aromatic carbocycles. The summed E-state index contributed by atoms with van der Waals surface area (Å²) in [4.78, 5) is 19.8. The van der Waals surface area contributed by atoms with Crippen LogP contribution >= 0.6 is 0 Å². The van der Waals surface area contributed by atoms with E-state index in [1.165, 1.54) is 0 Å². The van der Waals surface area contributed by atoms with E-state index in [-0.39, 0.29) is 5.91 Å². The van der Waals surface area contributed by atoms with E-state index in [0.29, 0.717) is 5.56 Å². The van der Waals surface area contributed by atoms with Gasteiger partial charge in [0, 0.05) is 22.8 Å². The summed E-state index contributed by atoms with van der Waals surface area (Å²) in [5.74, 6) is -0.0625. The van der Waals surface area contributed by atoms with Crippen molar-refractivity contribution in [3.8, 4) is 0 Å². The number of pyridine rings is 1. The van der Waals surface area contributed by atoms with E-state index < -0.39 is 0 Å². The highest BCUT2D eigenvalue weighted by Crippen LogP contribution is 2.32. The first-order valence-electron chi connectivity index (χ1n) is 8.54. The third kappa shape index (κ3) is 2.84. The Bertz CT molecular complexity index is 1070. The fourth-order valence-corrected chi connectivity index (χ4v) is 3.14. The molecule has 0 bridgehead atoms. The molecule has 0 aliphatic heterocycles. The molecule has 0 saturated carbocycles. The Hall–Kier alpha value is -3.46. The molecular weight excluding hydrogens is 320 g/mol. The summed E-state index contributed by atoms with van der Waals surface area (Å²) < 4.78 is 0. The molecule has 26 heavy (non-hydrogen) atoms. The zero-order valence-corrected chi connectivity index (χ0v) is 14.5. The van der Waals surface area contributed by atoms with Crippen LogP contribution in [0.4, 0.5) is 11.4 Å². The van der Waals surface area contributed by atoms with Crippen molar-refractivity contribution in [3.63, 3.8) is 0 Å². The molecule has 3 heteroatoms. The van der Waals surface area contributed by atoms with Gasteiger partial charge in [-0.05, 0) is 42.8 Å². The van der Waals surface area contributed by atoms with E-state index in [4.69, 9.17) is 0 Å². The van der Waals surface area contributed by atoms with Gasteiger partial charge in [0.1, 0.15) is 0 Å². The zero-order chi connectivity index (χ0) is 17.9. The normalized spacial score (nSPS) is 10.7. The molecule has 4 aromatic rings. The lowest BCUT2D eigenvalue weighted by atomic mass is 10.1. The smallest absolute Gasteiger partial charge is 0.263 e. The van der Waals surface area contributed by atoms with Crippen molar-refractivity contribution in [2.24, 2.45) is 0 Å². The lowest BCUT2D eigenvalue weighted by Gasteiger charge is -2.24. The number of fused-ring (bicyclic) bond motifs is 1. The van der Waals surface area contributed by atoms with Crippen molar-refractivity contribution < 1.29 is 4.79 Å². The zero-order valence-electron chi connectivity index (χ0n) is 14.5. The number of nitrogens with zero attached hydrogens (tertiary/aromatic N) is 2. The number of aryl methyl sites for hydroxylation is 1. The number of hydrogen-bond donors (Lipinski definition) is 0. The van der Waals surface area contributed by atoms with Crippen LogP contribution in [0.25, 0.3) is 10.9 Å². The van der Waals surface area contributed by atoms with Crippen LogP contribution in [-0.2, 0) is 0 Å². The van der Waals surface area contributed by atoms with E-state index in [1.54, 1.807) is 11.1 Å². The van der Waals surface area contributed by atoms with Gasteiger partial charge in [0.25, 0.3) is 5.91 Å². The van der Waals surface area contributed by atoms with Crippen LogP contribution in [0, 0.1) is 6.92 Å². The number of aromatic nitrogens is 1. The third-order valence-electron chi connectivity index (χ3n) is 4.45. The fourth-order valence-electron chi connectivity index (χ4n) is 3.14. The number of benzene rings is 3. The summed E-state index contributed by atoms with van der Waals surface area (Å²) in [5.41, 5.74) is 4.04. The highest BCUT2D eigenvalue weighted by Gasteiger charge is 2.23. The topological polar surface area (TPSA) is 33.2 Å². The third-order valence-corrected chi connectivity index (χ3v) is 4.45. The standard InChI is InChI=1S/C23H18N2O/c1-17-9-5-6-14-20(17)23(26)25(19-12-3-2-4-13-19)21-15-7-10-18-11-8-16-24-22(18)21/h2-16H,1H3. The molecule has 1 heterocycles. The predicted octanol–water partition coefficient (Wildman–Crippen LogP) is 5.52. The number of amides is 1. The first kappa shape index (κ1) is 16.0. The maximum Gasteiger partial charge on any atom is 0.263 e. The molecule has 0 fully saturated rings. The van der Waals surface area contributed by atoms with Gasteiger partial charge in [-0.1, -0.05) is 54.6 Å². The molecule has 0 spiro atoms. The van der Waals surface area contributed by atoms with Crippen LogP contribution < -0.4 is 4.90 Å². The molecular formula is C23H18N2O. The Morgan fingerprint density at radius 2 is 1.54 bits per heavy atom. The number of para-hydroxylation sites is 2. The van der Waals surface area contributed by atoms with Gasteiger partial charge in [-0.2, -0.15) is 0 Å². The van der Waals surface area contributed by atoms with Crippen molar-refractivity contribution >= 4 is 28.2 Å². The molecule has 0 saturated heterocycles. The summed E-state index contributed by atoms with van der Waals surface area (Å²) in [7, 11) is 0. The van der Waals surface area contributed by atoms with Crippen molar-refractivity contribution in [1.82, 2.24) is 4.98 Å². The molecule has 1 aromatic heterocycles. The molecule has 0 aliphatic carbocycles. The molecule has 4 rings (SSSR count). The number of rotatable bonds is 3. The minimum atomic E-state index is -0.0625. The van der Waals surface area contributed by atoms with Gasteiger partial charge in [-0.15, -0.1) is 0 Å². The second kappa shape index (κ2) is 6.81. The lowest BCUT2D eigenvalue weighted by Crippen LogP contribution is -2.27. The summed E-state index contributed by atoms with van der Waals surface area (Å²) in [6.45, 7) is 1.96. The van der Waals surface area contributed by atoms with Gasteiger partial charge in [0.15, 0.2) is 0 Å². The number of carbonyl (C=O) groups excluding carboxylic acids is 1. The van der Waals surface area contributed by atoms with Crippen LogP contribution in [0.15, 0.2) is 91.1 Å². The number of anilines is 2. The van der Waals surface area contributed by atoms with E-state index in [2.05, 4.69) is 4.98 Å². The summed E-state index contributed by atoms with van der Waals surface area (Å²) >= 11 is 0. The Balaban J connectivity index is 1.95. The Kier molecular flexibility index (Phi) is 4.20. The van der Waals surface area contributed by atoms with Gasteiger partial charge in [-0.25, -0.2) is 0 Å². The average Bonchev–Trinajstić information content (AvgIpc) is 2.69. The first-order chi connectivity index (χ1) is 12.8. The van der Waals surface area contributed by atoms with E-state index in [1.807, 2.05) is 91.9 Å². The van der Waals surface area contributed by atoms with Gasteiger partial charge in [0.05, 0.1) is 11.2 Å². The average molecular weight is 338 g/mol. The minimum absolute atomic E-state index is 0.0625. The number of hydrogen-bond acceptors (Lipinski definition) is 2. The molecule has 0 aliphatic rings. The molecule has 126 valence electrons. The Labute approximate surface area is 152 Å². The van der Waals surface area contributed by atoms with Crippen LogP contribution in [0.5, 0.6) is 0 Å². The summed E-state index contributed by atoms with van der Waals surface area (Å²) in [5, 5.41) is 1.00. The van der Waals surface area contributed by atoms with Gasteiger partial charge in [0.2, 0.25) is 0 Å². The SMILES string of the molecule is Cc1ccccc1C(=O)N(c1ccccc1)c1cccc2cccnc12. The highest BCUT2D eigenvalue weighted by atomic mass is 16.2. The Morgan fingerprint density at radius 1 is 0.808 bits per heavy atom. The summed E-state index contributed by atoms with van der Waals surface area (Å²) in [6, 6.07) is 27.2. The fraction of sp³-hybridized carbons (Fsp3) is 0.0435. The maximum atomic E-state index is 13.5. The summed E-state index contributed by atoms with van der Waals surface area (Å²) in [6.07, 6.45) is 1.76. The van der Waals surface area contributed by atoms with Crippen molar-refractivity contribution in [2.75, 3.05) is 4.90 Å². The molecule has 0 N–H and O–H groups in total. The Morgan fingerprint density at radius 3 is 2.35 bits per heavy atom. The van der Waals surface area contributed by atoms with Gasteiger partial charge < -0.3 is 0 Å². The molecule has 0 unspecified atom stereocenters.